The third-order valence-corrected chi connectivity index (χ3v) is 2.85. The zero-order valence-electron chi connectivity index (χ0n) is 11.5. The number of nitrogen functional groups attached to an aromatic ring is 1. The highest BCUT2D eigenvalue weighted by molar-refractivity contribution is 5.97. The van der Waals surface area contributed by atoms with Crippen LogP contribution >= 0.6 is 0 Å². The lowest BCUT2D eigenvalue weighted by atomic mass is 10.2. The summed E-state index contributed by atoms with van der Waals surface area (Å²) >= 11 is 0. The lowest BCUT2D eigenvalue weighted by Gasteiger charge is -2.20. The largest absolute Gasteiger partial charge is 0.497 e. The van der Waals surface area contributed by atoms with Crippen molar-refractivity contribution in [3.8, 4) is 5.75 Å². The van der Waals surface area contributed by atoms with E-state index in [2.05, 4.69) is 9.97 Å². The summed E-state index contributed by atoms with van der Waals surface area (Å²) < 4.78 is 5.20. The second kappa shape index (κ2) is 6.01. The summed E-state index contributed by atoms with van der Waals surface area (Å²) in [5.41, 5.74) is 6.99. The molecule has 0 spiro atoms. The van der Waals surface area contributed by atoms with Crippen molar-refractivity contribution in [1.29, 1.82) is 5.41 Å². The van der Waals surface area contributed by atoms with Crippen LogP contribution in [0.3, 0.4) is 0 Å². The Bertz CT molecular complexity index is 614. The van der Waals surface area contributed by atoms with Crippen molar-refractivity contribution in [3.63, 3.8) is 0 Å². The number of methoxy groups -OCH3 is 1. The number of hydrogen-bond donors (Lipinski definition) is 2. The van der Waals surface area contributed by atoms with E-state index in [4.69, 9.17) is 15.9 Å². The van der Waals surface area contributed by atoms with E-state index in [0.29, 0.717) is 18.1 Å². The van der Waals surface area contributed by atoms with Gasteiger partial charge >= 0.3 is 0 Å². The Hall–Kier alpha value is -2.63. The Morgan fingerprint density at radius 2 is 2.10 bits per heavy atom. The first-order valence-electron chi connectivity index (χ1n) is 6.11. The zero-order valence-corrected chi connectivity index (χ0v) is 11.5. The molecule has 6 nitrogen and oxygen atoms in total. The third-order valence-electron chi connectivity index (χ3n) is 2.85. The molecule has 3 N–H and O–H groups in total. The molecule has 2 aromatic rings. The van der Waals surface area contributed by atoms with Crippen LogP contribution < -0.4 is 15.4 Å². The van der Waals surface area contributed by atoms with Gasteiger partial charge in [-0.15, -0.1) is 0 Å². The van der Waals surface area contributed by atoms with Crippen LogP contribution in [0.2, 0.25) is 0 Å². The molecular weight excluding hydrogens is 254 g/mol. The number of ether oxygens (including phenoxy) is 1. The van der Waals surface area contributed by atoms with Gasteiger partial charge in [-0.05, 0) is 17.7 Å². The molecule has 0 saturated heterocycles. The van der Waals surface area contributed by atoms with Gasteiger partial charge in [-0.3, -0.25) is 5.41 Å². The van der Waals surface area contributed by atoms with Gasteiger partial charge in [-0.2, -0.15) is 0 Å². The molecule has 1 heterocycles. The van der Waals surface area contributed by atoms with Crippen LogP contribution in [0.5, 0.6) is 5.75 Å². The molecule has 2 rings (SSSR count). The molecule has 1 aromatic carbocycles. The summed E-state index contributed by atoms with van der Waals surface area (Å²) in [6.45, 7) is 0.621. The van der Waals surface area contributed by atoms with E-state index in [1.165, 1.54) is 6.20 Å². The smallest absolute Gasteiger partial charge is 0.158 e. The van der Waals surface area contributed by atoms with Crippen LogP contribution in [-0.2, 0) is 6.54 Å². The van der Waals surface area contributed by atoms with Crippen LogP contribution in [0.4, 0.5) is 5.82 Å². The molecule has 0 aliphatic rings. The summed E-state index contributed by atoms with van der Waals surface area (Å²) in [4.78, 5) is 10.2. The maximum atomic E-state index is 7.54. The normalized spacial score (nSPS) is 10.1. The maximum absolute atomic E-state index is 7.54. The molecule has 1 aromatic heterocycles. The predicted octanol–water partition coefficient (Wildman–Crippen LogP) is 1.41. The average Bonchev–Trinajstić information content (AvgIpc) is 2.47. The number of nitrogens with zero attached hydrogens (tertiary/aromatic N) is 3. The molecule has 0 unspecified atom stereocenters. The van der Waals surface area contributed by atoms with Crippen molar-refractivity contribution in [2.75, 3.05) is 19.1 Å². The fourth-order valence-corrected chi connectivity index (χ4v) is 1.92. The first-order chi connectivity index (χ1) is 9.61. The van der Waals surface area contributed by atoms with Crippen LogP contribution in [-0.4, -0.2) is 30.0 Å². The SMILES string of the molecule is COc1cccc(CN(C)c2nccnc2C(=N)N)c1. The second-order valence-corrected chi connectivity index (χ2v) is 4.35. The van der Waals surface area contributed by atoms with Crippen LogP contribution in [0.25, 0.3) is 0 Å². The van der Waals surface area contributed by atoms with E-state index in [-0.39, 0.29) is 5.84 Å². The second-order valence-electron chi connectivity index (χ2n) is 4.35. The zero-order chi connectivity index (χ0) is 14.5. The van der Waals surface area contributed by atoms with E-state index >= 15 is 0 Å². The summed E-state index contributed by atoms with van der Waals surface area (Å²) in [7, 11) is 3.52. The summed E-state index contributed by atoms with van der Waals surface area (Å²) in [5.74, 6) is 1.30. The van der Waals surface area contributed by atoms with Gasteiger partial charge in [0.05, 0.1) is 7.11 Å². The van der Waals surface area contributed by atoms with Gasteiger partial charge in [-0.25, -0.2) is 9.97 Å². The summed E-state index contributed by atoms with van der Waals surface area (Å²) in [6.07, 6.45) is 3.11. The number of anilines is 1. The monoisotopic (exact) mass is 271 g/mol. The molecule has 0 bridgehead atoms. The lowest BCUT2D eigenvalue weighted by Crippen LogP contribution is -2.24. The molecule has 0 atom stereocenters. The highest BCUT2D eigenvalue weighted by Gasteiger charge is 2.12. The van der Waals surface area contributed by atoms with Gasteiger partial charge in [0.1, 0.15) is 17.3 Å². The molecule has 104 valence electrons. The van der Waals surface area contributed by atoms with E-state index in [0.717, 1.165) is 11.3 Å². The standard InChI is InChI=1S/C14H17N5O/c1-19(9-10-4-3-5-11(8-10)20-2)14-12(13(15)16)17-6-7-18-14/h3-8H,9H2,1-2H3,(H3,15,16). The fraction of sp³-hybridized carbons (Fsp3) is 0.214. The van der Waals surface area contributed by atoms with Gasteiger partial charge in [0, 0.05) is 26.0 Å². The molecule has 0 amide bonds. The van der Waals surface area contributed by atoms with E-state index in [1.54, 1.807) is 13.3 Å². The Labute approximate surface area is 117 Å². The van der Waals surface area contributed by atoms with Gasteiger partial charge in [0.15, 0.2) is 5.82 Å². The number of aromatic nitrogens is 2. The van der Waals surface area contributed by atoms with Gasteiger partial charge in [0.2, 0.25) is 0 Å². The van der Waals surface area contributed by atoms with E-state index < -0.39 is 0 Å². The minimum Gasteiger partial charge on any atom is -0.497 e. The van der Waals surface area contributed by atoms with E-state index in [1.807, 2.05) is 36.2 Å². The highest BCUT2D eigenvalue weighted by atomic mass is 16.5. The van der Waals surface area contributed by atoms with Crippen LogP contribution in [0, 0.1) is 5.41 Å². The first kappa shape index (κ1) is 13.8. The number of nitrogens with one attached hydrogen (secondary N) is 1. The lowest BCUT2D eigenvalue weighted by molar-refractivity contribution is 0.414. The third kappa shape index (κ3) is 3.03. The number of rotatable bonds is 5. The van der Waals surface area contributed by atoms with Crippen molar-refractivity contribution in [2.45, 2.75) is 6.54 Å². The maximum Gasteiger partial charge on any atom is 0.158 e. The predicted molar refractivity (Wildman–Crippen MR) is 78.1 cm³/mol. The molecule has 20 heavy (non-hydrogen) atoms. The van der Waals surface area contributed by atoms with Crippen molar-refractivity contribution in [3.05, 3.63) is 47.9 Å². The summed E-state index contributed by atoms with van der Waals surface area (Å²) in [6, 6.07) is 7.79. The molecule has 6 heteroatoms. The van der Waals surface area contributed by atoms with E-state index in [9.17, 15) is 0 Å². The average molecular weight is 271 g/mol. The van der Waals surface area contributed by atoms with Crippen molar-refractivity contribution in [1.82, 2.24) is 9.97 Å². The Morgan fingerprint density at radius 1 is 1.35 bits per heavy atom. The molecular formula is C14H17N5O. The molecule has 0 fully saturated rings. The number of nitrogens with two attached hydrogens (primary N) is 1. The molecule has 0 aliphatic carbocycles. The molecule has 0 saturated carbocycles. The van der Waals surface area contributed by atoms with Crippen molar-refractivity contribution < 1.29 is 4.74 Å². The highest BCUT2D eigenvalue weighted by Crippen LogP contribution is 2.18. The Balaban J connectivity index is 2.23. The van der Waals surface area contributed by atoms with Gasteiger partial charge in [-0.1, -0.05) is 12.1 Å². The molecule has 0 aliphatic heterocycles. The molecule has 0 radical (unpaired) electrons. The first-order valence-corrected chi connectivity index (χ1v) is 6.11. The Morgan fingerprint density at radius 3 is 2.80 bits per heavy atom. The topological polar surface area (TPSA) is 88.1 Å². The van der Waals surface area contributed by atoms with Gasteiger partial charge in [0.25, 0.3) is 0 Å². The number of hydrogen-bond acceptors (Lipinski definition) is 5. The number of benzene rings is 1. The van der Waals surface area contributed by atoms with Crippen LogP contribution in [0.15, 0.2) is 36.7 Å². The van der Waals surface area contributed by atoms with Crippen molar-refractivity contribution >= 4 is 11.7 Å². The van der Waals surface area contributed by atoms with Gasteiger partial charge < -0.3 is 15.4 Å². The fourth-order valence-electron chi connectivity index (χ4n) is 1.92. The summed E-state index contributed by atoms with van der Waals surface area (Å²) in [5, 5.41) is 7.54. The number of amidine groups is 1. The van der Waals surface area contributed by atoms with Crippen LogP contribution in [0.1, 0.15) is 11.3 Å². The quantitative estimate of drug-likeness (QED) is 0.634. The van der Waals surface area contributed by atoms with Crippen molar-refractivity contribution in [2.24, 2.45) is 5.73 Å². The minimum absolute atomic E-state index is 0.0920. The Kier molecular flexibility index (Phi) is 4.14. The minimum atomic E-state index is -0.0920.